The fourth-order valence-corrected chi connectivity index (χ4v) is 4.26. The van der Waals surface area contributed by atoms with E-state index in [9.17, 15) is 4.79 Å². The smallest absolute Gasteiger partial charge is 0.234 e. The van der Waals surface area contributed by atoms with Crippen molar-refractivity contribution in [2.45, 2.75) is 12.1 Å². The predicted octanol–water partition coefficient (Wildman–Crippen LogP) is 3.65. The number of aromatic nitrogens is 5. The molecule has 0 bridgehead atoms. The van der Waals surface area contributed by atoms with Crippen LogP contribution in [0.1, 0.15) is 5.56 Å². The summed E-state index contributed by atoms with van der Waals surface area (Å²) in [7, 11) is 3.77. The SMILES string of the molecule is Cc1ccc(-c2nn(C)cc2-c2nnc(SCC(=O)Nc3ccc4c(c3)OCO4)n2C)cc1. The van der Waals surface area contributed by atoms with Crippen LogP contribution >= 0.6 is 11.8 Å². The second-order valence-corrected chi connectivity index (χ2v) is 8.64. The third kappa shape index (κ3) is 4.29. The third-order valence-electron chi connectivity index (χ3n) is 5.22. The van der Waals surface area contributed by atoms with Gasteiger partial charge in [0.25, 0.3) is 0 Å². The van der Waals surface area contributed by atoms with E-state index >= 15 is 0 Å². The van der Waals surface area contributed by atoms with E-state index in [4.69, 9.17) is 9.47 Å². The molecule has 168 valence electrons. The van der Waals surface area contributed by atoms with Crippen LogP contribution in [0.15, 0.2) is 53.8 Å². The first kappa shape index (κ1) is 21.1. The quantitative estimate of drug-likeness (QED) is 0.437. The van der Waals surface area contributed by atoms with Crippen molar-refractivity contribution in [3.05, 3.63) is 54.2 Å². The molecule has 2 aromatic heterocycles. The van der Waals surface area contributed by atoms with Crippen molar-refractivity contribution in [2.24, 2.45) is 14.1 Å². The molecule has 5 rings (SSSR count). The Morgan fingerprint density at radius 3 is 2.70 bits per heavy atom. The molecule has 1 aliphatic heterocycles. The van der Waals surface area contributed by atoms with Crippen LogP contribution in [0.5, 0.6) is 11.5 Å². The first-order valence-electron chi connectivity index (χ1n) is 10.3. The predicted molar refractivity (Wildman–Crippen MR) is 125 cm³/mol. The van der Waals surface area contributed by atoms with E-state index in [-0.39, 0.29) is 18.5 Å². The number of amides is 1. The molecule has 0 aliphatic carbocycles. The van der Waals surface area contributed by atoms with Crippen LogP contribution in [-0.2, 0) is 18.9 Å². The van der Waals surface area contributed by atoms with E-state index in [0.29, 0.717) is 28.2 Å². The van der Waals surface area contributed by atoms with Crippen LogP contribution < -0.4 is 14.8 Å². The highest BCUT2D eigenvalue weighted by molar-refractivity contribution is 7.99. The van der Waals surface area contributed by atoms with E-state index in [1.807, 2.05) is 37.0 Å². The van der Waals surface area contributed by atoms with Gasteiger partial charge in [0.2, 0.25) is 12.7 Å². The topological polar surface area (TPSA) is 96.1 Å². The Morgan fingerprint density at radius 1 is 1.09 bits per heavy atom. The van der Waals surface area contributed by atoms with E-state index < -0.39 is 0 Å². The Kier molecular flexibility index (Phi) is 5.51. The molecule has 0 saturated heterocycles. The van der Waals surface area contributed by atoms with Gasteiger partial charge in [0.05, 0.1) is 11.3 Å². The molecule has 3 heterocycles. The standard InChI is InChI=1S/C23H22N6O3S/c1-14-4-6-15(7-5-14)21-17(11-28(2)27-21)22-25-26-23(29(22)3)33-12-20(30)24-16-8-9-18-19(10-16)32-13-31-18/h4-11H,12-13H2,1-3H3,(H,24,30). The van der Waals surface area contributed by atoms with Gasteiger partial charge in [0, 0.05) is 37.6 Å². The molecule has 1 N–H and O–H groups in total. The van der Waals surface area contributed by atoms with Crippen molar-refractivity contribution in [2.75, 3.05) is 17.9 Å². The van der Waals surface area contributed by atoms with Crippen molar-refractivity contribution in [1.29, 1.82) is 0 Å². The molecule has 2 aromatic carbocycles. The van der Waals surface area contributed by atoms with Gasteiger partial charge in [-0.05, 0) is 19.1 Å². The molecule has 0 spiro atoms. The zero-order chi connectivity index (χ0) is 22.9. The van der Waals surface area contributed by atoms with Crippen molar-refractivity contribution < 1.29 is 14.3 Å². The number of hydrogen-bond donors (Lipinski definition) is 1. The highest BCUT2D eigenvalue weighted by Gasteiger charge is 2.20. The van der Waals surface area contributed by atoms with Gasteiger partial charge in [0.1, 0.15) is 5.69 Å². The molecule has 1 aliphatic rings. The van der Waals surface area contributed by atoms with Crippen LogP contribution in [0, 0.1) is 6.92 Å². The maximum absolute atomic E-state index is 12.5. The lowest BCUT2D eigenvalue weighted by atomic mass is 10.1. The number of hydrogen-bond acceptors (Lipinski definition) is 7. The Balaban J connectivity index is 1.30. The maximum atomic E-state index is 12.5. The zero-order valence-corrected chi connectivity index (χ0v) is 19.2. The highest BCUT2D eigenvalue weighted by Crippen LogP contribution is 2.34. The summed E-state index contributed by atoms with van der Waals surface area (Å²) in [4.78, 5) is 12.5. The average molecular weight is 463 g/mol. The summed E-state index contributed by atoms with van der Waals surface area (Å²) >= 11 is 1.32. The van der Waals surface area contributed by atoms with Gasteiger partial charge in [-0.15, -0.1) is 10.2 Å². The fourth-order valence-electron chi connectivity index (χ4n) is 3.55. The van der Waals surface area contributed by atoms with E-state index in [1.165, 1.54) is 17.3 Å². The highest BCUT2D eigenvalue weighted by atomic mass is 32.2. The van der Waals surface area contributed by atoms with Gasteiger partial charge in [-0.3, -0.25) is 9.48 Å². The first-order chi connectivity index (χ1) is 16.0. The van der Waals surface area contributed by atoms with Gasteiger partial charge in [0.15, 0.2) is 22.5 Å². The summed E-state index contributed by atoms with van der Waals surface area (Å²) in [5.74, 6) is 2.04. The number of fused-ring (bicyclic) bond motifs is 1. The number of aryl methyl sites for hydroxylation is 2. The molecule has 0 fully saturated rings. The number of thioether (sulfide) groups is 1. The number of benzene rings is 2. The second kappa shape index (κ2) is 8.62. The molecule has 0 unspecified atom stereocenters. The van der Waals surface area contributed by atoms with E-state index in [0.717, 1.165) is 16.8 Å². The summed E-state index contributed by atoms with van der Waals surface area (Å²) in [6.45, 7) is 2.25. The zero-order valence-electron chi connectivity index (χ0n) is 18.4. The van der Waals surface area contributed by atoms with Crippen molar-refractivity contribution >= 4 is 23.4 Å². The largest absolute Gasteiger partial charge is 0.454 e. The fraction of sp³-hybridized carbons (Fsp3) is 0.217. The first-order valence-corrected chi connectivity index (χ1v) is 11.3. The van der Waals surface area contributed by atoms with Crippen LogP contribution in [0.2, 0.25) is 0 Å². The summed E-state index contributed by atoms with van der Waals surface area (Å²) in [6.07, 6.45) is 1.93. The van der Waals surface area contributed by atoms with Crippen molar-refractivity contribution in [1.82, 2.24) is 24.5 Å². The average Bonchev–Trinajstić information content (AvgIpc) is 3.51. The summed E-state index contributed by atoms with van der Waals surface area (Å²) in [5, 5.41) is 16.8. The monoisotopic (exact) mass is 462 g/mol. The molecule has 9 nitrogen and oxygen atoms in total. The Labute approximate surface area is 194 Å². The van der Waals surface area contributed by atoms with E-state index in [2.05, 4.69) is 39.7 Å². The Hall–Kier alpha value is -3.79. The van der Waals surface area contributed by atoms with Gasteiger partial charge in [-0.2, -0.15) is 5.10 Å². The van der Waals surface area contributed by atoms with Gasteiger partial charge < -0.3 is 19.4 Å². The third-order valence-corrected chi connectivity index (χ3v) is 6.24. The molecule has 4 aromatic rings. The number of nitrogens with zero attached hydrogens (tertiary/aromatic N) is 5. The normalized spacial score (nSPS) is 12.2. The molecule has 10 heteroatoms. The summed E-state index contributed by atoms with van der Waals surface area (Å²) in [5.41, 5.74) is 4.57. The number of anilines is 1. The molecule has 33 heavy (non-hydrogen) atoms. The minimum atomic E-state index is -0.148. The molecule has 0 atom stereocenters. The van der Waals surface area contributed by atoms with Gasteiger partial charge in [-0.1, -0.05) is 41.6 Å². The van der Waals surface area contributed by atoms with E-state index in [1.54, 1.807) is 22.9 Å². The number of rotatable bonds is 6. The van der Waals surface area contributed by atoms with Gasteiger partial charge in [-0.25, -0.2) is 0 Å². The number of ether oxygens (including phenoxy) is 2. The van der Waals surface area contributed by atoms with Crippen LogP contribution in [0.4, 0.5) is 5.69 Å². The summed E-state index contributed by atoms with van der Waals surface area (Å²) < 4.78 is 14.3. The lowest BCUT2D eigenvalue weighted by Crippen LogP contribution is -2.14. The minimum absolute atomic E-state index is 0.148. The van der Waals surface area contributed by atoms with Crippen LogP contribution in [0.3, 0.4) is 0 Å². The Bertz CT molecular complexity index is 1330. The lowest BCUT2D eigenvalue weighted by molar-refractivity contribution is -0.113. The molecule has 0 saturated carbocycles. The van der Waals surface area contributed by atoms with Crippen LogP contribution in [0.25, 0.3) is 22.6 Å². The maximum Gasteiger partial charge on any atom is 0.234 e. The number of nitrogens with one attached hydrogen (secondary N) is 1. The number of carbonyl (C=O) groups excluding carboxylic acids is 1. The molecule has 1 amide bonds. The van der Waals surface area contributed by atoms with Gasteiger partial charge >= 0.3 is 0 Å². The molecule has 0 radical (unpaired) electrons. The second-order valence-electron chi connectivity index (χ2n) is 7.70. The lowest BCUT2D eigenvalue weighted by Gasteiger charge is -2.07. The van der Waals surface area contributed by atoms with Crippen LogP contribution in [-0.4, -0.2) is 43.0 Å². The minimum Gasteiger partial charge on any atom is -0.454 e. The molecular weight excluding hydrogens is 440 g/mol. The summed E-state index contributed by atoms with van der Waals surface area (Å²) in [6, 6.07) is 13.5. The number of carbonyl (C=O) groups is 1. The van der Waals surface area contributed by atoms with Crippen molar-refractivity contribution in [3.63, 3.8) is 0 Å². The Morgan fingerprint density at radius 2 is 1.88 bits per heavy atom. The molecular formula is C23H22N6O3S. The van der Waals surface area contributed by atoms with Crippen molar-refractivity contribution in [3.8, 4) is 34.1 Å².